The summed E-state index contributed by atoms with van der Waals surface area (Å²) in [5.41, 5.74) is 5.35. The summed E-state index contributed by atoms with van der Waals surface area (Å²) in [5, 5.41) is 10.4. The van der Waals surface area contributed by atoms with Crippen LogP contribution in [0.25, 0.3) is 0 Å². The SMILES string of the molecule is C=N/C(C)=C\C1=C(C(=O)C(C)(C)O)CN(Cc2cnc(C3CCC3)c(C)c2)/C1=C\CC. The van der Waals surface area contributed by atoms with Gasteiger partial charge in [0.25, 0.3) is 0 Å². The van der Waals surface area contributed by atoms with E-state index in [1.54, 1.807) is 13.8 Å². The normalized spacial score (nSPS) is 19.2. The Morgan fingerprint density at radius 3 is 2.65 bits per heavy atom. The Hall–Kier alpha value is -2.53. The molecule has 0 aromatic carbocycles. The number of aliphatic imine (C=N–C) groups is 1. The van der Waals surface area contributed by atoms with Gasteiger partial charge in [-0.2, -0.15) is 0 Å². The topological polar surface area (TPSA) is 65.8 Å². The lowest BCUT2D eigenvalue weighted by Gasteiger charge is -2.27. The van der Waals surface area contributed by atoms with Gasteiger partial charge in [0, 0.05) is 53.4 Å². The molecule has 0 atom stereocenters. The van der Waals surface area contributed by atoms with Crippen molar-refractivity contribution in [3.63, 3.8) is 0 Å². The van der Waals surface area contributed by atoms with Gasteiger partial charge >= 0.3 is 0 Å². The smallest absolute Gasteiger partial charge is 0.192 e. The second-order valence-corrected chi connectivity index (χ2v) is 9.25. The second kappa shape index (κ2) is 9.31. The Morgan fingerprint density at radius 1 is 1.42 bits per heavy atom. The van der Waals surface area contributed by atoms with E-state index in [9.17, 15) is 9.90 Å². The Morgan fingerprint density at radius 2 is 2.13 bits per heavy atom. The molecule has 1 aromatic heterocycles. The molecule has 0 amide bonds. The predicted octanol–water partition coefficient (Wildman–Crippen LogP) is 5.01. The first kappa shape index (κ1) is 23.1. The Balaban J connectivity index is 1.94. The Kier molecular flexibility index (Phi) is 6.95. The first-order valence-electron chi connectivity index (χ1n) is 11.2. The lowest BCUT2D eigenvalue weighted by atomic mass is 9.81. The zero-order valence-electron chi connectivity index (χ0n) is 19.5. The number of aryl methyl sites for hydroxylation is 1. The molecule has 1 aliphatic carbocycles. The number of carbonyl (C=O) groups excluding carboxylic acids is 1. The zero-order chi connectivity index (χ0) is 22.8. The van der Waals surface area contributed by atoms with Crippen LogP contribution in [0, 0.1) is 6.92 Å². The summed E-state index contributed by atoms with van der Waals surface area (Å²) in [7, 11) is 0. The molecule has 2 heterocycles. The van der Waals surface area contributed by atoms with Crippen LogP contribution in [0.3, 0.4) is 0 Å². The second-order valence-electron chi connectivity index (χ2n) is 9.25. The zero-order valence-corrected chi connectivity index (χ0v) is 19.5. The van der Waals surface area contributed by atoms with Gasteiger partial charge in [-0.3, -0.25) is 14.8 Å². The van der Waals surface area contributed by atoms with Gasteiger partial charge in [0.1, 0.15) is 5.60 Å². The molecular weight excluding hydrogens is 386 g/mol. The molecule has 5 heteroatoms. The predicted molar refractivity (Wildman–Crippen MR) is 126 cm³/mol. The number of pyridine rings is 1. The molecule has 0 bridgehead atoms. The standard InChI is InChI=1S/C26H35N3O2/c1-7-9-23-21(13-18(3)27-6)22(25(30)26(4,5)31)16-29(23)15-19-12-17(2)24(28-14-19)20-10-8-11-20/h9,12-14,20,31H,6-8,10-11,15-16H2,1-5H3/b18-13-,23-9-. The van der Waals surface area contributed by atoms with Gasteiger partial charge in [0.15, 0.2) is 5.78 Å². The maximum atomic E-state index is 13.1. The number of carbonyl (C=O) groups is 1. The van der Waals surface area contributed by atoms with Crippen LogP contribution in [0.1, 0.15) is 76.1 Å². The van der Waals surface area contributed by atoms with Crippen molar-refractivity contribution < 1.29 is 9.90 Å². The van der Waals surface area contributed by atoms with Gasteiger partial charge in [0.05, 0.1) is 0 Å². The van der Waals surface area contributed by atoms with Crippen LogP contribution in [0.5, 0.6) is 0 Å². The van der Waals surface area contributed by atoms with E-state index in [0.717, 1.165) is 29.0 Å². The number of aliphatic hydroxyl groups is 1. The highest BCUT2D eigenvalue weighted by Gasteiger charge is 2.36. The summed E-state index contributed by atoms with van der Waals surface area (Å²) in [5.74, 6) is 0.356. The van der Waals surface area contributed by atoms with Crippen LogP contribution in [0.2, 0.25) is 0 Å². The molecule has 1 aromatic rings. The molecule has 0 radical (unpaired) electrons. The molecular formula is C26H35N3O2. The summed E-state index contributed by atoms with van der Waals surface area (Å²) in [4.78, 5) is 24.1. The van der Waals surface area contributed by atoms with Crippen molar-refractivity contribution in [1.82, 2.24) is 9.88 Å². The van der Waals surface area contributed by atoms with Crippen molar-refractivity contribution in [3.8, 4) is 0 Å². The lowest BCUT2D eigenvalue weighted by molar-refractivity contribution is -0.130. The van der Waals surface area contributed by atoms with E-state index in [2.05, 4.69) is 42.6 Å². The maximum Gasteiger partial charge on any atom is 0.192 e. The summed E-state index contributed by atoms with van der Waals surface area (Å²) < 4.78 is 0. The fraction of sp³-hybridized carbons (Fsp3) is 0.500. The summed E-state index contributed by atoms with van der Waals surface area (Å²) in [6.07, 6.45) is 10.6. The van der Waals surface area contributed by atoms with Gasteiger partial charge in [-0.1, -0.05) is 25.5 Å². The minimum Gasteiger partial charge on any atom is -0.382 e. The van der Waals surface area contributed by atoms with Crippen molar-refractivity contribution in [2.24, 2.45) is 4.99 Å². The van der Waals surface area contributed by atoms with E-state index in [1.165, 1.54) is 30.5 Å². The number of hydrogen-bond acceptors (Lipinski definition) is 5. The third-order valence-electron chi connectivity index (χ3n) is 6.16. The van der Waals surface area contributed by atoms with Crippen LogP contribution in [-0.4, -0.2) is 39.6 Å². The maximum absolute atomic E-state index is 13.1. The van der Waals surface area contributed by atoms with Gasteiger partial charge in [-0.05, 0) is 70.9 Å². The molecule has 3 rings (SSSR count). The molecule has 5 nitrogen and oxygen atoms in total. The van der Waals surface area contributed by atoms with Gasteiger partial charge < -0.3 is 10.0 Å². The lowest BCUT2D eigenvalue weighted by Crippen LogP contribution is -2.34. The number of aromatic nitrogens is 1. The van der Waals surface area contributed by atoms with Crippen molar-refractivity contribution in [2.45, 2.75) is 78.4 Å². The molecule has 0 saturated heterocycles. The molecule has 1 fully saturated rings. The third-order valence-corrected chi connectivity index (χ3v) is 6.16. The minimum absolute atomic E-state index is 0.255. The van der Waals surface area contributed by atoms with Crippen molar-refractivity contribution in [3.05, 3.63) is 63.8 Å². The average molecular weight is 422 g/mol. The largest absolute Gasteiger partial charge is 0.382 e. The highest BCUT2D eigenvalue weighted by molar-refractivity contribution is 6.04. The van der Waals surface area contributed by atoms with Gasteiger partial charge in [0.2, 0.25) is 0 Å². The van der Waals surface area contributed by atoms with Crippen molar-refractivity contribution in [2.75, 3.05) is 6.54 Å². The van der Waals surface area contributed by atoms with Gasteiger partial charge in [-0.25, -0.2) is 0 Å². The summed E-state index contributed by atoms with van der Waals surface area (Å²) in [6, 6.07) is 2.23. The third kappa shape index (κ3) is 5.04. The molecule has 1 N–H and O–H groups in total. The molecule has 0 spiro atoms. The van der Waals surface area contributed by atoms with E-state index in [-0.39, 0.29) is 5.78 Å². The monoisotopic (exact) mass is 421 g/mol. The Labute approximate surface area is 186 Å². The quantitative estimate of drug-likeness (QED) is 0.599. The molecule has 0 unspecified atom stereocenters. The van der Waals surface area contributed by atoms with Crippen molar-refractivity contribution in [1.29, 1.82) is 0 Å². The van der Waals surface area contributed by atoms with Crippen LogP contribution in [0.15, 0.2) is 51.9 Å². The van der Waals surface area contributed by atoms with E-state index in [4.69, 9.17) is 4.98 Å². The van der Waals surface area contributed by atoms with Crippen LogP contribution in [0.4, 0.5) is 0 Å². The highest BCUT2D eigenvalue weighted by atomic mass is 16.3. The van der Waals surface area contributed by atoms with Crippen LogP contribution in [-0.2, 0) is 11.3 Å². The molecule has 166 valence electrons. The number of hydrogen-bond donors (Lipinski definition) is 1. The molecule has 31 heavy (non-hydrogen) atoms. The van der Waals surface area contributed by atoms with E-state index in [0.29, 0.717) is 24.6 Å². The van der Waals surface area contributed by atoms with E-state index in [1.807, 2.05) is 19.2 Å². The van der Waals surface area contributed by atoms with Crippen molar-refractivity contribution >= 4 is 12.5 Å². The minimum atomic E-state index is -1.43. The van der Waals surface area contributed by atoms with E-state index >= 15 is 0 Å². The number of allylic oxidation sites excluding steroid dienone is 3. The summed E-state index contributed by atoms with van der Waals surface area (Å²) in [6.45, 7) is 13.9. The number of ketones is 1. The number of nitrogens with zero attached hydrogens (tertiary/aromatic N) is 3. The molecule has 1 saturated carbocycles. The first-order chi connectivity index (χ1) is 14.7. The van der Waals surface area contributed by atoms with Gasteiger partial charge in [-0.15, -0.1) is 0 Å². The number of Topliss-reactive ketones (excluding diaryl/α,β-unsaturated/α-hetero) is 1. The highest BCUT2D eigenvalue weighted by Crippen LogP contribution is 2.38. The molecule has 2 aliphatic rings. The fourth-order valence-corrected chi connectivity index (χ4v) is 4.30. The average Bonchev–Trinajstić information content (AvgIpc) is 2.98. The number of rotatable bonds is 8. The van der Waals surface area contributed by atoms with Crippen LogP contribution < -0.4 is 0 Å². The first-order valence-corrected chi connectivity index (χ1v) is 11.2. The van der Waals surface area contributed by atoms with Crippen LogP contribution >= 0.6 is 0 Å². The van der Waals surface area contributed by atoms with E-state index < -0.39 is 5.60 Å². The molecule has 1 aliphatic heterocycles. The Bertz CT molecular complexity index is 959. The summed E-state index contributed by atoms with van der Waals surface area (Å²) >= 11 is 0. The fourth-order valence-electron chi connectivity index (χ4n) is 4.30.